The van der Waals surface area contributed by atoms with Gasteiger partial charge < -0.3 is 5.32 Å². The molecule has 0 radical (unpaired) electrons. The Balaban J connectivity index is 1.78. The summed E-state index contributed by atoms with van der Waals surface area (Å²) in [5.74, 6) is 0.160. The quantitative estimate of drug-likeness (QED) is 0.807. The van der Waals surface area contributed by atoms with Crippen molar-refractivity contribution >= 4 is 10.0 Å². The summed E-state index contributed by atoms with van der Waals surface area (Å²) < 4.78 is 26.8. The molecular formula is C15H24N2O2S. The molecule has 5 heteroatoms. The predicted octanol–water partition coefficient (Wildman–Crippen LogP) is 1.85. The van der Waals surface area contributed by atoms with E-state index in [0.29, 0.717) is 12.6 Å². The first kappa shape index (κ1) is 15.5. The van der Waals surface area contributed by atoms with Gasteiger partial charge in [-0.1, -0.05) is 37.3 Å². The van der Waals surface area contributed by atoms with Gasteiger partial charge in [0, 0.05) is 12.6 Å². The number of rotatable bonds is 7. The van der Waals surface area contributed by atoms with Crippen LogP contribution < -0.4 is 10.0 Å². The van der Waals surface area contributed by atoms with E-state index in [1.54, 1.807) is 0 Å². The van der Waals surface area contributed by atoms with Crippen molar-refractivity contribution in [2.75, 3.05) is 18.8 Å². The molecule has 1 aromatic rings. The van der Waals surface area contributed by atoms with E-state index in [-0.39, 0.29) is 11.7 Å². The second-order valence-corrected chi connectivity index (χ2v) is 7.42. The normalized spacial score (nSPS) is 20.9. The van der Waals surface area contributed by atoms with Crippen molar-refractivity contribution in [3.8, 4) is 0 Å². The first-order chi connectivity index (χ1) is 9.57. The number of hydrogen-bond acceptors (Lipinski definition) is 3. The van der Waals surface area contributed by atoms with Crippen molar-refractivity contribution in [2.24, 2.45) is 0 Å². The number of nitrogens with one attached hydrogen (secondary N) is 2. The lowest BCUT2D eigenvalue weighted by atomic mass is 10.0. The molecule has 1 aliphatic heterocycles. The SMILES string of the molecule is CC(CS(=O)(=O)NCC[C@@H]1CCCN1)c1ccccc1. The monoisotopic (exact) mass is 296 g/mol. The molecule has 0 aromatic heterocycles. The molecule has 20 heavy (non-hydrogen) atoms. The molecule has 1 aliphatic rings. The molecule has 1 fully saturated rings. The molecule has 0 aliphatic carbocycles. The minimum Gasteiger partial charge on any atom is -0.314 e. The summed E-state index contributed by atoms with van der Waals surface area (Å²) in [4.78, 5) is 0. The molecule has 1 aromatic carbocycles. The Hall–Kier alpha value is -0.910. The van der Waals surface area contributed by atoms with Crippen molar-refractivity contribution in [2.45, 2.75) is 38.1 Å². The smallest absolute Gasteiger partial charge is 0.212 e. The zero-order chi connectivity index (χ0) is 14.4. The predicted molar refractivity (Wildman–Crippen MR) is 82.3 cm³/mol. The third-order valence-corrected chi connectivity index (χ3v) is 5.40. The van der Waals surface area contributed by atoms with Crippen LogP contribution in [0.2, 0.25) is 0 Å². The van der Waals surface area contributed by atoms with Crippen molar-refractivity contribution in [1.82, 2.24) is 10.0 Å². The lowest BCUT2D eigenvalue weighted by Crippen LogP contribution is -2.33. The molecule has 1 saturated heterocycles. The maximum absolute atomic E-state index is 12.1. The van der Waals surface area contributed by atoms with Crippen LogP contribution in [0.25, 0.3) is 0 Å². The molecular weight excluding hydrogens is 272 g/mol. The number of benzene rings is 1. The summed E-state index contributed by atoms with van der Waals surface area (Å²) >= 11 is 0. The molecule has 112 valence electrons. The molecule has 4 nitrogen and oxygen atoms in total. The van der Waals surface area contributed by atoms with Crippen LogP contribution in [0.3, 0.4) is 0 Å². The summed E-state index contributed by atoms with van der Waals surface area (Å²) in [6.45, 7) is 3.54. The summed E-state index contributed by atoms with van der Waals surface area (Å²) in [5.41, 5.74) is 1.07. The minimum absolute atomic E-state index is 0.0123. The van der Waals surface area contributed by atoms with Gasteiger partial charge in [-0.3, -0.25) is 0 Å². The van der Waals surface area contributed by atoms with Crippen LogP contribution in [-0.2, 0) is 10.0 Å². The third kappa shape index (κ3) is 4.89. The summed E-state index contributed by atoms with van der Waals surface area (Å²) in [5, 5.41) is 3.37. The fourth-order valence-corrected chi connectivity index (χ4v) is 4.06. The van der Waals surface area contributed by atoms with Crippen LogP contribution >= 0.6 is 0 Å². The second-order valence-electron chi connectivity index (χ2n) is 5.57. The van der Waals surface area contributed by atoms with Gasteiger partial charge in [-0.2, -0.15) is 0 Å². The minimum atomic E-state index is -3.20. The summed E-state index contributed by atoms with van der Waals surface area (Å²) in [7, 11) is -3.20. The van der Waals surface area contributed by atoms with Crippen LogP contribution in [0.5, 0.6) is 0 Å². The highest BCUT2D eigenvalue weighted by molar-refractivity contribution is 7.89. The van der Waals surface area contributed by atoms with Crippen molar-refractivity contribution in [3.63, 3.8) is 0 Å². The largest absolute Gasteiger partial charge is 0.314 e. The van der Waals surface area contributed by atoms with Gasteiger partial charge in [0.2, 0.25) is 10.0 Å². The maximum Gasteiger partial charge on any atom is 0.212 e. The van der Waals surface area contributed by atoms with Gasteiger partial charge in [-0.15, -0.1) is 0 Å². The molecule has 0 saturated carbocycles. The van der Waals surface area contributed by atoms with Gasteiger partial charge in [0.15, 0.2) is 0 Å². The van der Waals surface area contributed by atoms with Crippen molar-refractivity contribution in [1.29, 1.82) is 0 Å². The fraction of sp³-hybridized carbons (Fsp3) is 0.600. The molecule has 2 N–H and O–H groups in total. The highest BCUT2D eigenvalue weighted by atomic mass is 32.2. The molecule has 0 bridgehead atoms. The Morgan fingerprint density at radius 1 is 1.35 bits per heavy atom. The van der Waals surface area contributed by atoms with E-state index in [9.17, 15) is 8.42 Å². The van der Waals surface area contributed by atoms with Crippen LogP contribution in [0, 0.1) is 0 Å². The highest BCUT2D eigenvalue weighted by Gasteiger charge is 2.18. The molecule has 0 amide bonds. The molecule has 0 spiro atoms. The Bertz CT molecular complexity index is 496. The van der Waals surface area contributed by atoms with Crippen LogP contribution in [0.4, 0.5) is 0 Å². The lowest BCUT2D eigenvalue weighted by Gasteiger charge is -2.14. The van der Waals surface area contributed by atoms with E-state index in [2.05, 4.69) is 10.0 Å². The highest BCUT2D eigenvalue weighted by Crippen LogP contribution is 2.16. The van der Waals surface area contributed by atoms with Gasteiger partial charge >= 0.3 is 0 Å². The Labute approximate surface area is 122 Å². The van der Waals surface area contributed by atoms with Gasteiger partial charge in [-0.25, -0.2) is 13.1 Å². The summed E-state index contributed by atoms with van der Waals surface area (Å²) in [6, 6.07) is 10.3. The van der Waals surface area contributed by atoms with E-state index >= 15 is 0 Å². The Morgan fingerprint density at radius 2 is 2.10 bits per heavy atom. The molecule has 2 atom stereocenters. The van der Waals surface area contributed by atoms with Crippen LogP contribution in [0.15, 0.2) is 30.3 Å². The first-order valence-electron chi connectivity index (χ1n) is 7.32. The molecule has 2 rings (SSSR count). The average molecular weight is 296 g/mol. The number of sulfonamides is 1. The fourth-order valence-electron chi connectivity index (χ4n) is 2.66. The zero-order valence-electron chi connectivity index (χ0n) is 12.0. The topological polar surface area (TPSA) is 58.2 Å². The number of hydrogen-bond donors (Lipinski definition) is 2. The zero-order valence-corrected chi connectivity index (χ0v) is 12.8. The average Bonchev–Trinajstić information content (AvgIpc) is 2.92. The van der Waals surface area contributed by atoms with Crippen LogP contribution in [-0.4, -0.2) is 33.3 Å². The lowest BCUT2D eigenvalue weighted by molar-refractivity contribution is 0.537. The van der Waals surface area contributed by atoms with Crippen LogP contribution in [0.1, 0.15) is 37.7 Å². The standard InChI is InChI=1S/C15H24N2O2S/c1-13(14-6-3-2-4-7-14)12-20(18,19)17-11-9-15-8-5-10-16-15/h2-4,6-7,13,15-17H,5,8-12H2,1H3/t13?,15-/m0/s1. The van der Waals surface area contributed by atoms with Gasteiger partial charge in [0.1, 0.15) is 0 Å². The van der Waals surface area contributed by atoms with E-state index in [1.807, 2.05) is 37.3 Å². The van der Waals surface area contributed by atoms with E-state index < -0.39 is 10.0 Å². The van der Waals surface area contributed by atoms with E-state index in [1.165, 1.54) is 6.42 Å². The molecule has 1 heterocycles. The Kier molecular flexibility index (Phi) is 5.57. The van der Waals surface area contributed by atoms with E-state index in [4.69, 9.17) is 0 Å². The van der Waals surface area contributed by atoms with E-state index in [0.717, 1.165) is 24.9 Å². The third-order valence-electron chi connectivity index (χ3n) is 3.82. The first-order valence-corrected chi connectivity index (χ1v) is 8.98. The van der Waals surface area contributed by atoms with Gasteiger partial charge in [0.05, 0.1) is 5.75 Å². The van der Waals surface area contributed by atoms with Gasteiger partial charge in [-0.05, 0) is 37.3 Å². The maximum atomic E-state index is 12.1. The van der Waals surface area contributed by atoms with Crippen molar-refractivity contribution < 1.29 is 8.42 Å². The summed E-state index contributed by atoms with van der Waals surface area (Å²) in [6.07, 6.45) is 3.23. The second kappa shape index (κ2) is 7.20. The van der Waals surface area contributed by atoms with Crippen molar-refractivity contribution in [3.05, 3.63) is 35.9 Å². The molecule has 1 unspecified atom stereocenters. The van der Waals surface area contributed by atoms with Gasteiger partial charge in [0.25, 0.3) is 0 Å². The Morgan fingerprint density at radius 3 is 2.75 bits per heavy atom.